The third kappa shape index (κ3) is 4.73. The van der Waals surface area contributed by atoms with Crippen molar-refractivity contribution >= 4 is 45.9 Å². The van der Waals surface area contributed by atoms with Crippen molar-refractivity contribution in [2.24, 2.45) is 7.05 Å². The summed E-state index contributed by atoms with van der Waals surface area (Å²) < 4.78 is 2.79. The molecular weight excluding hydrogens is 466 g/mol. The number of aryl methyl sites for hydroxylation is 2. The van der Waals surface area contributed by atoms with Gasteiger partial charge in [-0.2, -0.15) is 5.10 Å². The quantitative estimate of drug-likeness (QED) is 0.329. The summed E-state index contributed by atoms with van der Waals surface area (Å²) in [5.74, 6) is -1.13. The fourth-order valence-corrected chi connectivity index (χ4v) is 3.95. The van der Waals surface area contributed by atoms with Gasteiger partial charge in [0.25, 0.3) is 11.5 Å². The number of fused-ring (bicyclic) bond motifs is 1. The highest BCUT2D eigenvalue weighted by Crippen LogP contribution is 2.23. The number of halogens is 1. The van der Waals surface area contributed by atoms with Crippen LogP contribution in [0.25, 0.3) is 16.5 Å². The number of benzene rings is 2. The van der Waals surface area contributed by atoms with E-state index >= 15 is 0 Å². The van der Waals surface area contributed by atoms with Gasteiger partial charge >= 0.3 is 0 Å². The Morgan fingerprint density at radius 3 is 2.64 bits per heavy atom. The summed E-state index contributed by atoms with van der Waals surface area (Å²) in [6.07, 6.45) is 1.53. The van der Waals surface area contributed by atoms with Crippen molar-refractivity contribution in [2.75, 3.05) is 5.75 Å². The molecule has 0 aliphatic rings. The molecule has 2 aromatic heterocycles. The molecule has 0 aliphatic heterocycles. The molecule has 4 aromatic rings. The molecule has 0 atom stereocenters. The van der Waals surface area contributed by atoms with Gasteiger partial charge in [0.2, 0.25) is 5.91 Å². The summed E-state index contributed by atoms with van der Waals surface area (Å²) >= 11 is 7.34. The van der Waals surface area contributed by atoms with Crippen LogP contribution in [-0.4, -0.2) is 42.1 Å². The van der Waals surface area contributed by atoms with Crippen LogP contribution in [0, 0.1) is 6.92 Å². The molecule has 12 heteroatoms. The normalized spacial score (nSPS) is 10.9. The lowest BCUT2D eigenvalue weighted by Crippen LogP contribution is -2.43. The maximum Gasteiger partial charge on any atom is 0.290 e. The topological polar surface area (TPSA) is 124 Å². The second kappa shape index (κ2) is 9.43. The number of hydrogen-bond donors (Lipinski definition) is 2. The lowest BCUT2D eigenvalue weighted by molar-refractivity contribution is -0.119. The number of aromatic nitrogens is 5. The van der Waals surface area contributed by atoms with E-state index in [1.54, 1.807) is 34.9 Å². The van der Waals surface area contributed by atoms with Gasteiger partial charge in [-0.25, -0.2) is 4.68 Å². The van der Waals surface area contributed by atoms with Gasteiger partial charge in [-0.05, 0) is 30.7 Å². The summed E-state index contributed by atoms with van der Waals surface area (Å²) in [4.78, 5) is 37.1. The molecule has 0 unspecified atom stereocenters. The third-order valence-electron chi connectivity index (χ3n) is 4.77. The maximum atomic E-state index is 12.6. The van der Waals surface area contributed by atoms with Crippen LogP contribution in [-0.2, 0) is 11.8 Å². The Labute approximate surface area is 196 Å². The van der Waals surface area contributed by atoms with E-state index in [0.717, 1.165) is 27.7 Å². The Balaban J connectivity index is 1.41. The van der Waals surface area contributed by atoms with Crippen LogP contribution in [0.1, 0.15) is 16.1 Å². The maximum absolute atomic E-state index is 12.6. The molecule has 2 aromatic carbocycles. The van der Waals surface area contributed by atoms with Crippen molar-refractivity contribution in [3.05, 3.63) is 75.4 Å². The van der Waals surface area contributed by atoms with Gasteiger partial charge in [-0.3, -0.25) is 29.8 Å². The summed E-state index contributed by atoms with van der Waals surface area (Å²) in [6.45, 7) is 1.90. The fourth-order valence-electron chi connectivity index (χ4n) is 3.05. The van der Waals surface area contributed by atoms with Crippen LogP contribution in [0.2, 0.25) is 5.02 Å². The number of carbonyl (C=O) groups excluding carboxylic acids is 2. The highest BCUT2D eigenvalue weighted by Gasteiger charge is 2.17. The van der Waals surface area contributed by atoms with E-state index in [0.29, 0.717) is 21.0 Å². The molecule has 0 saturated carbocycles. The van der Waals surface area contributed by atoms with E-state index in [1.807, 2.05) is 19.1 Å². The fraction of sp³-hybridized carbons (Fsp3) is 0.143. The number of nitrogens with one attached hydrogen (secondary N) is 2. The van der Waals surface area contributed by atoms with E-state index in [-0.39, 0.29) is 17.0 Å². The predicted octanol–water partition coefficient (Wildman–Crippen LogP) is 2.03. The highest BCUT2D eigenvalue weighted by molar-refractivity contribution is 7.99. The molecule has 0 aliphatic carbocycles. The van der Waals surface area contributed by atoms with Crippen LogP contribution in [0.15, 0.2) is 58.7 Å². The first kappa shape index (κ1) is 22.5. The zero-order valence-corrected chi connectivity index (χ0v) is 19.1. The molecule has 0 fully saturated rings. The Morgan fingerprint density at radius 1 is 1.12 bits per heavy atom. The molecule has 2 amide bonds. The number of nitrogens with zero attached hydrogens (tertiary/aromatic N) is 5. The Kier molecular flexibility index (Phi) is 6.43. The van der Waals surface area contributed by atoms with Crippen LogP contribution >= 0.6 is 23.4 Å². The number of thioether (sulfide) groups is 1. The zero-order chi connectivity index (χ0) is 23.5. The second-order valence-corrected chi connectivity index (χ2v) is 8.38. The number of rotatable bonds is 5. The molecule has 4 rings (SSSR count). The van der Waals surface area contributed by atoms with Gasteiger partial charge in [0.1, 0.15) is 6.33 Å². The smallest absolute Gasteiger partial charge is 0.277 e. The molecule has 2 N–H and O–H groups in total. The molecule has 33 heavy (non-hydrogen) atoms. The molecular formula is C21H18ClN7O3S. The Bertz CT molecular complexity index is 1430. The first-order valence-electron chi connectivity index (χ1n) is 9.69. The second-order valence-electron chi connectivity index (χ2n) is 7.03. The third-order valence-corrected chi connectivity index (χ3v) is 6.12. The van der Waals surface area contributed by atoms with E-state index in [2.05, 4.69) is 26.1 Å². The van der Waals surface area contributed by atoms with Crippen LogP contribution in [0.4, 0.5) is 0 Å². The minimum atomic E-state index is -0.641. The van der Waals surface area contributed by atoms with Gasteiger partial charge in [-0.1, -0.05) is 47.6 Å². The van der Waals surface area contributed by atoms with E-state index < -0.39 is 11.8 Å². The van der Waals surface area contributed by atoms with Gasteiger partial charge in [0, 0.05) is 17.5 Å². The molecule has 0 spiro atoms. The van der Waals surface area contributed by atoms with Gasteiger partial charge in [0.15, 0.2) is 10.9 Å². The van der Waals surface area contributed by atoms with Crippen molar-refractivity contribution in [3.63, 3.8) is 0 Å². The molecule has 0 bridgehead atoms. The molecule has 168 valence electrons. The van der Waals surface area contributed by atoms with E-state index in [4.69, 9.17) is 11.6 Å². The Hall–Kier alpha value is -3.70. The van der Waals surface area contributed by atoms with Crippen LogP contribution < -0.4 is 16.4 Å². The first-order valence-corrected chi connectivity index (χ1v) is 11.1. The largest absolute Gasteiger partial charge is 0.290 e. The van der Waals surface area contributed by atoms with E-state index in [9.17, 15) is 14.4 Å². The van der Waals surface area contributed by atoms with Gasteiger partial charge < -0.3 is 0 Å². The lowest BCUT2D eigenvalue weighted by atomic mass is 10.1. The molecule has 0 radical (unpaired) electrons. The van der Waals surface area contributed by atoms with E-state index in [1.165, 1.54) is 13.4 Å². The highest BCUT2D eigenvalue weighted by atomic mass is 35.5. The number of hydrazine groups is 1. The number of carbonyl (C=O) groups is 2. The predicted molar refractivity (Wildman–Crippen MR) is 124 cm³/mol. The van der Waals surface area contributed by atoms with Gasteiger partial charge in [-0.15, -0.1) is 10.2 Å². The minimum Gasteiger partial charge on any atom is -0.277 e. The monoisotopic (exact) mass is 483 g/mol. The average Bonchev–Trinajstić information content (AvgIpc) is 3.29. The number of amides is 2. The Morgan fingerprint density at radius 2 is 1.88 bits per heavy atom. The van der Waals surface area contributed by atoms with Crippen molar-refractivity contribution in [2.45, 2.75) is 12.1 Å². The van der Waals surface area contributed by atoms with Crippen LogP contribution in [0.5, 0.6) is 0 Å². The first-order chi connectivity index (χ1) is 15.8. The summed E-state index contributed by atoms with van der Waals surface area (Å²) in [5, 5.41) is 13.8. The lowest BCUT2D eigenvalue weighted by Gasteiger charge is -2.10. The summed E-state index contributed by atoms with van der Waals surface area (Å²) in [6, 6.07) is 12.2. The molecule has 2 heterocycles. The standard InChI is InChI=1S/C21H18ClN7O3S/c1-12-7-8-13(9-16(12)22)29-11-23-26-21(29)33-10-17(30)24-25-19(31)18-14-5-3-4-6-15(14)20(32)28(2)27-18/h3-9,11H,10H2,1-2H3,(H,24,30)(H,25,31). The minimum absolute atomic E-state index is 0.0247. The van der Waals surface area contributed by atoms with Crippen molar-refractivity contribution in [1.29, 1.82) is 0 Å². The molecule has 0 saturated heterocycles. The van der Waals surface area contributed by atoms with Crippen LogP contribution in [0.3, 0.4) is 0 Å². The van der Waals surface area contributed by atoms with Crippen molar-refractivity contribution in [3.8, 4) is 5.69 Å². The van der Waals surface area contributed by atoms with Crippen molar-refractivity contribution < 1.29 is 9.59 Å². The summed E-state index contributed by atoms with van der Waals surface area (Å²) in [5.41, 5.74) is 6.10. The molecule has 10 nitrogen and oxygen atoms in total. The zero-order valence-electron chi connectivity index (χ0n) is 17.6. The van der Waals surface area contributed by atoms with Crippen molar-refractivity contribution in [1.82, 2.24) is 35.4 Å². The number of hydrogen-bond acceptors (Lipinski definition) is 7. The average molecular weight is 484 g/mol. The SMILES string of the molecule is Cc1ccc(-n2cnnc2SCC(=O)NNC(=O)c2nn(C)c(=O)c3ccccc23)cc1Cl. The summed E-state index contributed by atoms with van der Waals surface area (Å²) in [7, 11) is 1.46. The van der Waals surface area contributed by atoms with Gasteiger partial charge in [0.05, 0.1) is 16.8 Å².